The summed E-state index contributed by atoms with van der Waals surface area (Å²) in [5, 5.41) is 5.98. The molecule has 0 saturated heterocycles. The van der Waals surface area contributed by atoms with Gasteiger partial charge in [0.2, 0.25) is 5.91 Å². The van der Waals surface area contributed by atoms with Crippen LogP contribution < -0.4 is 5.32 Å². The van der Waals surface area contributed by atoms with Crippen molar-refractivity contribution in [2.75, 3.05) is 11.9 Å². The Hall–Kier alpha value is -1.35. The van der Waals surface area contributed by atoms with E-state index in [0.29, 0.717) is 13.0 Å². The van der Waals surface area contributed by atoms with E-state index >= 15 is 0 Å². The second-order valence-electron chi connectivity index (χ2n) is 3.85. The highest BCUT2D eigenvalue weighted by Gasteiger charge is 2.05. The molecule has 3 heteroatoms. The van der Waals surface area contributed by atoms with Gasteiger partial charge in [0.05, 0.1) is 6.42 Å². The van der Waals surface area contributed by atoms with Crippen LogP contribution in [-0.4, -0.2) is 17.8 Å². The first-order valence-corrected chi connectivity index (χ1v) is 6.72. The summed E-state index contributed by atoms with van der Waals surface area (Å²) in [6, 6.07) is 14.2. The zero-order valence-corrected chi connectivity index (χ0v) is 11.0. The third-order valence-electron chi connectivity index (χ3n) is 2.65. The van der Waals surface area contributed by atoms with Crippen molar-refractivity contribution in [1.82, 2.24) is 5.32 Å². The quantitative estimate of drug-likeness (QED) is 0.863. The molecule has 0 spiro atoms. The Morgan fingerprint density at radius 1 is 1.12 bits per heavy atom. The van der Waals surface area contributed by atoms with Crippen LogP contribution in [0.15, 0.2) is 42.5 Å². The fourth-order valence-electron chi connectivity index (χ4n) is 1.87. The lowest BCUT2D eigenvalue weighted by Gasteiger charge is -2.06. The molecule has 0 fully saturated rings. The normalized spacial score (nSPS) is 10.4. The topological polar surface area (TPSA) is 29.1 Å². The third kappa shape index (κ3) is 3.07. The molecule has 2 nitrogen and oxygen atoms in total. The number of carbonyl (C=O) groups is 1. The Kier molecular flexibility index (Phi) is 4.15. The highest BCUT2D eigenvalue weighted by atomic mass is 79.9. The number of hydrogen-bond donors (Lipinski definition) is 1. The van der Waals surface area contributed by atoms with E-state index in [1.165, 1.54) is 5.39 Å². The average molecular weight is 292 g/mol. The van der Waals surface area contributed by atoms with E-state index < -0.39 is 0 Å². The fraction of sp³-hybridized carbons (Fsp3) is 0.214. The molecule has 0 aliphatic heterocycles. The number of carbonyl (C=O) groups excluding carboxylic acids is 1. The molecule has 2 rings (SSSR count). The van der Waals surface area contributed by atoms with Crippen molar-refractivity contribution in [2.24, 2.45) is 0 Å². The summed E-state index contributed by atoms with van der Waals surface area (Å²) in [5.41, 5.74) is 1.08. The van der Waals surface area contributed by atoms with Crippen molar-refractivity contribution < 1.29 is 4.79 Å². The largest absolute Gasteiger partial charge is 0.355 e. The van der Waals surface area contributed by atoms with Crippen molar-refractivity contribution in [3.8, 4) is 0 Å². The fourth-order valence-corrected chi connectivity index (χ4v) is 2.07. The molecule has 0 aliphatic rings. The van der Waals surface area contributed by atoms with Gasteiger partial charge in [0, 0.05) is 11.9 Å². The molecule has 17 heavy (non-hydrogen) atoms. The van der Waals surface area contributed by atoms with E-state index in [2.05, 4.69) is 39.4 Å². The summed E-state index contributed by atoms with van der Waals surface area (Å²) >= 11 is 3.29. The number of rotatable bonds is 4. The van der Waals surface area contributed by atoms with Crippen molar-refractivity contribution in [3.63, 3.8) is 0 Å². The Morgan fingerprint density at radius 2 is 1.88 bits per heavy atom. The van der Waals surface area contributed by atoms with Gasteiger partial charge in [0.1, 0.15) is 0 Å². The van der Waals surface area contributed by atoms with Crippen molar-refractivity contribution >= 4 is 32.6 Å². The van der Waals surface area contributed by atoms with Crippen LogP contribution >= 0.6 is 15.9 Å². The maximum atomic E-state index is 11.7. The van der Waals surface area contributed by atoms with E-state index in [0.717, 1.165) is 16.3 Å². The maximum absolute atomic E-state index is 11.7. The summed E-state index contributed by atoms with van der Waals surface area (Å²) in [6.45, 7) is 0.670. The number of nitrogens with one attached hydrogen (secondary N) is 1. The van der Waals surface area contributed by atoms with E-state index in [4.69, 9.17) is 0 Å². The van der Waals surface area contributed by atoms with E-state index in [1.54, 1.807) is 0 Å². The molecule has 0 unspecified atom stereocenters. The molecule has 0 saturated carbocycles. The van der Waals surface area contributed by atoms with Gasteiger partial charge >= 0.3 is 0 Å². The number of amides is 1. The minimum atomic E-state index is 0.0702. The Balaban J connectivity index is 2.21. The highest BCUT2D eigenvalue weighted by Crippen LogP contribution is 2.18. The third-order valence-corrected chi connectivity index (χ3v) is 3.04. The lowest BCUT2D eigenvalue weighted by molar-refractivity contribution is -0.120. The van der Waals surface area contributed by atoms with E-state index in [1.807, 2.05) is 24.3 Å². The van der Waals surface area contributed by atoms with Gasteiger partial charge < -0.3 is 5.32 Å². The van der Waals surface area contributed by atoms with Crippen LogP contribution in [0.3, 0.4) is 0 Å². The molecule has 1 N–H and O–H groups in total. The van der Waals surface area contributed by atoms with Gasteiger partial charge in [0.25, 0.3) is 0 Å². The smallest absolute Gasteiger partial charge is 0.224 e. The first-order valence-electron chi connectivity index (χ1n) is 5.60. The van der Waals surface area contributed by atoms with Crippen molar-refractivity contribution in [3.05, 3.63) is 48.0 Å². The lowest BCUT2D eigenvalue weighted by Crippen LogP contribution is -2.26. The first kappa shape index (κ1) is 12.1. The molecule has 0 bridgehead atoms. The summed E-state index contributed by atoms with van der Waals surface area (Å²) in [4.78, 5) is 11.7. The van der Waals surface area contributed by atoms with Gasteiger partial charge in [0.15, 0.2) is 0 Å². The minimum absolute atomic E-state index is 0.0702. The molecule has 2 aromatic rings. The van der Waals surface area contributed by atoms with Gasteiger partial charge in [-0.15, -0.1) is 0 Å². The number of alkyl halides is 1. The SMILES string of the molecule is O=C(Cc1cccc2ccccc12)NCCBr. The second kappa shape index (κ2) is 5.82. The predicted octanol–water partition coefficient (Wildman–Crippen LogP) is 2.89. The summed E-state index contributed by atoms with van der Waals surface area (Å²) in [7, 11) is 0. The standard InChI is InChI=1S/C14H14BrNO/c15-8-9-16-14(17)10-12-6-3-5-11-4-1-2-7-13(11)12/h1-7H,8-10H2,(H,16,17). The molecular formula is C14H14BrNO. The van der Waals surface area contributed by atoms with Crippen LogP contribution in [0.25, 0.3) is 10.8 Å². The molecule has 0 aliphatic carbocycles. The van der Waals surface area contributed by atoms with Crippen molar-refractivity contribution in [2.45, 2.75) is 6.42 Å². The van der Waals surface area contributed by atoms with Gasteiger partial charge in [-0.05, 0) is 16.3 Å². The molecular weight excluding hydrogens is 278 g/mol. The van der Waals surface area contributed by atoms with Gasteiger partial charge in [-0.3, -0.25) is 4.79 Å². The zero-order chi connectivity index (χ0) is 12.1. The minimum Gasteiger partial charge on any atom is -0.355 e. The van der Waals surface area contributed by atoms with Crippen LogP contribution in [0.4, 0.5) is 0 Å². The molecule has 2 aromatic carbocycles. The van der Waals surface area contributed by atoms with Gasteiger partial charge in [-0.1, -0.05) is 58.4 Å². The van der Waals surface area contributed by atoms with Gasteiger partial charge in [-0.2, -0.15) is 0 Å². The van der Waals surface area contributed by atoms with Crippen LogP contribution in [0, 0.1) is 0 Å². The Bertz CT molecular complexity index is 519. The molecule has 0 radical (unpaired) electrons. The first-order chi connectivity index (χ1) is 8.31. The molecule has 0 aromatic heterocycles. The number of benzene rings is 2. The van der Waals surface area contributed by atoms with Crippen LogP contribution in [0.1, 0.15) is 5.56 Å². The summed E-state index contributed by atoms with van der Waals surface area (Å²) < 4.78 is 0. The molecule has 88 valence electrons. The van der Waals surface area contributed by atoms with E-state index in [9.17, 15) is 4.79 Å². The second-order valence-corrected chi connectivity index (χ2v) is 4.65. The molecule has 0 heterocycles. The predicted molar refractivity (Wildman–Crippen MR) is 74.5 cm³/mol. The van der Waals surface area contributed by atoms with Crippen molar-refractivity contribution in [1.29, 1.82) is 0 Å². The monoisotopic (exact) mass is 291 g/mol. The van der Waals surface area contributed by atoms with Gasteiger partial charge in [-0.25, -0.2) is 0 Å². The lowest BCUT2D eigenvalue weighted by atomic mass is 10.0. The Labute approximate surface area is 109 Å². The van der Waals surface area contributed by atoms with Crippen LogP contribution in [0.5, 0.6) is 0 Å². The summed E-state index contributed by atoms with van der Waals surface area (Å²) in [6.07, 6.45) is 0.439. The number of halogens is 1. The number of hydrogen-bond acceptors (Lipinski definition) is 1. The Morgan fingerprint density at radius 3 is 2.71 bits per heavy atom. The highest BCUT2D eigenvalue weighted by molar-refractivity contribution is 9.09. The van der Waals surface area contributed by atoms with E-state index in [-0.39, 0.29) is 5.91 Å². The number of fused-ring (bicyclic) bond motifs is 1. The average Bonchev–Trinajstić information content (AvgIpc) is 2.37. The summed E-state index contributed by atoms with van der Waals surface area (Å²) in [5.74, 6) is 0.0702. The molecule has 1 amide bonds. The zero-order valence-electron chi connectivity index (χ0n) is 9.45. The molecule has 0 atom stereocenters. The van der Waals surface area contributed by atoms with Crippen LogP contribution in [0.2, 0.25) is 0 Å². The maximum Gasteiger partial charge on any atom is 0.224 e. The van der Waals surface area contributed by atoms with Crippen LogP contribution in [-0.2, 0) is 11.2 Å².